The molecule has 1 rings (SSSR count). The van der Waals surface area contributed by atoms with Crippen molar-refractivity contribution in [2.75, 3.05) is 26.3 Å². The average Bonchev–Trinajstić information content (AvgIpc) is 2.59. The first-order valence-electron chi connectivity index (χ1n) is 6.05. The molecule has 1 unspecified atom stereocenters. The van der Waals surface area contributed by atoms with E-state index in [2.05, 4.69) is 4.90 Å². The Bertz CT molecular complexity index is 194. The minimum absolute atomic E-state index is 0.316. The van der Waals surface area contributed by atoms with Crippen LogP contribution in [0.1, 0.15) is 39.5 Å². The molecule has 0 saturated carbocycles. The Kier molecular flexibility index (Phi) is 5.88. The largest absolute Gasteiger partial charge is 0.382 e. The Morgan fingerprint density at radius 3 is 3.00 bits per heavy atom. The average molecular weight is 213 g/mol. The summed E-state index contributed by atoms with van der Waals surface area (Å²) in [7, 11) is 0. The van der Waals surface area contributed by atoms with Crippen LogP contribution in [-0.4, -0.2) is 43.0 Å². The fraction of sp³-hybridized carbons (Fsp3) is 0.917. The van der Waals surface area contributed by atoms with E-state index < -0.39 is 0 Å². The van der Waals surface area contributed by atoms with Gasteiger partial charge in [-0.15, -0.1) is 0 Å². The van der Waals surface area contributed by atoms with Crippen LogP contribution in [0, 0.1) is 0 Å². The molecule has 0 aliphatic carbocycles. The van der Waals surface area contributed by atoms with E-state index in [9.17, 15) is 4.79 Å². The fourth-order valence-electron chi connectivity index (χ4n) is 2.27. The highest BCUT2D eigenvalue weighted by Crippen LogP contribution is 2.20. The molecule has 0 spiro atoms. The van der Waals surface area contributed by atoms with E-state index in [0.29, 0.717) is 11.8 Å². The molecule has 1 heterocycles. The van der Waals surface area contributed by atoms with Crippen LogP contribution in [0.2, 0.25) is 0 Å². The van der Waals surface area contributed by atoms with Crippen molar-refractivity contribution >= 4 is 5.78 Å². The molecule has 1 fully saturated rings. The minimum atomic E-state index is 0.316. The van der Waals surface area contributed by atoms with Gasteiger partial charge >= 0.3 is 0 Å². The van der Waals surface area contributed by atoms with Gasteiger partial charge in [-0.2, -0.15) is 0 Å². The molecule has 15 heavy (non-hydrogen) atoms. The standard InChI is InChI=1S/C12H23NO2/c1-3-15-9-5-8-13-7-4-6-12(13)10-11(2)14/h12H,3-10H2,1-2H3. The van der Waals surface area contributed by atoms with Gasteiger partial charge < -0.3 is 4.74 Å². The number of ketones is 1. The third-order valence-electron chi connectivity index (χ3n) is 2.96. The summed E-state index contributed by atoms with van der Waals surface area (Å²) in [6, 6.07) is 0.504. The molecule has 0 aromatic rings. The highest BCUT2D eigenvalue weighted by atomic mass is 16.5. The van der Waals surface area contributed by atoms with Crippen LogP contribution in [0.15, 0.2) is 0 Å². The number of carbonyl (C=O) groups is 1. The summed E-state index contributed by atoms with van der Waals surface area (Å²) >= 11 is 0. The highest BCUT2D eigenvalue weighted by molar-refractivity contribution is 5.76. The molecule has 0 radical (unpaired) electrons. The number of hydrogen-bond donors (Lipinski definition) is 0. The van der Waals surface area contributed by atoms with Gasteiger partial charge in [0.2, 0.25) is 0 Å². The van der Waals surface area contributed by atoms with Gasteiger partial charge in [0.05, 0.1) is 0 Å². The number of carbonyl (C=O) groups excluding carboxylic acids is 1. The van der Waals surface area contributed by atoms with Gasteiger partial charge in [-0.25, -0.2) is 0 Å². The lowest BCUT2D eigenvalue weighted by atomic mass is 10.1. The lowest BCUT2D eigenvalue weighted by Crippen LogP contribution is -2.32. The van der Waals surface area contributed by atoms with E-state index >= 15 is 0 Å². The van der Waals surface area contributed by atoms with Crippen molar-refractivity contribution in [3.63, 3.8) is 0 Å². The van der Waals surface area contributed by atoms with Crippen molar-refractivity contribution in [2.24, 2.45) is 0 Å². The zero-order valence-corrected chi connectivity index (χ0v) is 10.00. The Morgan fingerprint density at radius 1 is 1.53 bits per heavy atom. The van der Waals surface area contributed by atoms with Crippen LogP contribution in [0.4, 0.5) is 0 Å². The first-order chi connectivity index (χ1) is 7.24. The normalized spacial score (nSPS) is 22.1. The van der Waals surface area contributed by atoms with Gasteiger partial charge in [0.1, 0.15) is 5.78 Å². The molecule has 3 nitrogen and oxygen atoms in total. The second-order valence-electron chi connectivity index (χ2n) is 4.29. The molecule has 0 amide bonds. The SMILES string of the molecule is CCOCCCN1CCCC1CC(C)=O. The van der Waals surface area contributed by atoms with Crippen LogP contribution in [0.25, 0.3) is 0 Å². The van der Waals surface area contributed by atoms with Crippen LogP contribution in [0.3, 0.4) is 0 Å². The molecule has 1 saturated heterocycles. The third kappa shape index (κ3) is 4.76. The predicted octanol–water partition coefficient (Wildman–Crippen LogP) is 1.86. The lowest BCUT2D eigenvalue weighted by Gasteiger charge is -2.23. The van der Waals surface area contributed by atoms with Crippen molar-refractivity contribution < 1.29 is 9.53 Å². The van der Waals surface area contributed by atoms with Crippen molar-refractivity contribution in [3.05, 3.63) is 0 Å². The Hall–Kier alpha value is -0.410. The van der Waals surface area contributed by atoms with Crippen molar-refractivity contribution in [3.8, 4) is 0 Å². The monoisotopic (exact) mass is 213 g/mol. The summed E-state index contributed by atoms with van der Waals surface area (Å²) in [6.07, 6.45) is 4.25. The number of nitrogens with zero attached hydrogens (tertiary/aromatic N) is 1. The Balaban J connectivity index is 2.18. The van der Waals surface area contributed by atoms with Gasteiger partial charge in [-0.05, 0) is 39.7 Å². The van der Waals surface area contributed by atoms with Gasteiger partial charge in [-0.1, -0.05) is 0 Å². The predicted molar refractivity (Wildman–Crippen MR) is 61.0 cm³/mol. The number of Topliss-reactive ketones (excluding diaryl/α,β-unsaturated/α-hetero) is 1. The molecule has 0 N–H and O–H groups in total. The molecule has 3 heteroatoms. The fourth-order valence-corrected chi connectivity index (χ4v) is 2.27. The zero-order chi connectivity index (χ0) is 11.1. The smallest absolute Gasteiger partial charge is 0.131 e. The molecule has 1 atom stereocenters. The molecule has 1 aliphatic heterocycles. The summed E-state index contributed by atoms with van der Waals surface area (Å²) in [5.74, 6) is 0.316. The lowest BCUT2D eigenvalue weighted by molar-refractivity contribution is -0.118. The maximum atomic E-state index is 11.1. The summed E-state index contributed by atoms with van der Waals surface area (Å²) in [6.45, 7) is 7.60. The Labute approximate surface area is 92.8 Å². The number of ether oxygens (including phenoxy) is 1. The first kappa shape index (κ1) is 12.7. The number of rotatable bonds is 7. The highest BCUT2D eigenvalue weighted by Gasteiger charge is 2.24. The quantitative estimate of drug-likeness (QED) is 0.605. The van der Waals surface area contributed by atoms with E-state index in [1.165, 1.54) is 12.8 Å². The third-order valence-corrected chi connectivity index (χ3v) is 2.96. The van der Waals surface area contributed by atoms with E-state index in [-0.39, 0.29) is 0 Å². The van der Waals surface area contributed by atoms with Crippen LogP contribution in [-0.2, 0) is 9.53 Å². The van der Waals surface area contributed by atoms with Crippen molar-refractivity contribution in [2.45, 2.75) is 45.6 Å². The number of hydrogen-bond acceptors (Lipinski definition) is 3. The second kappa shape index (κ2) is 6.96. The molecule has 0 aromatic carbocycles. The van der Waals surface area contributed by atoms with Gasteiger partial charge in [0.25, 0.3) is 0 Å². The summed E-state index contributed by atoms with van der Waals surface area (Å²) in [4.78, 5) is 13.5. The number of likely N-dealkylation sites (tertiary alicyclic amines) is 1. The van der Waals surface area contributed by atoms with Crippen molar-refractivity contribution in [1.82, 2.24) is 4.90 Å². The van der Waals surface area contributed by atoms with Crippen LogP contribution >= 0.6 is 0 Å². The first-order valence-corrected chi connectivity index (χ1v) is 6.05. The molecule has 88 valence electrons. The van der Waals surface area contributed by atoms with Crippen molar-refractivity contribution in [1.29, 1.82) is 0 Å². The summed E-state index contributed by atoms with van der Waals surface area (Å²) in [5.41, 5.74) is 0. The maximum absolute atomic E-state index is 11.1. The Morgan fingerprint density at radius 2 is 2.33 bits per heavy atom. The van der Waals surface area contributed by atoms with E-state index in [0.717, 1.165) is 39.1 Å². The molecule has 0 bridgehead atoms. The second-order valence-corrected chi connectivity index (χ2v) is 4.29. The zero-order valence-electron chi connectivity index (χ0n) is 10.00. The van der Waals surface area contributed by atoms with E-state index in [1.54, 1.807) is 6.92 Å². The summed E-state index contributed by atoms with van der Waals surface area (Å²) < 4.78 is 5.32. The summed E-state index contributed by atoms with van der Waals surface area (Å²) in [5, 5.41) is 0. The molecule has 0 aromatic heterocycles. The molecule has 1 aliphatic rings. The van der Waals surface area contributed by atoms with Gasteiger partial charge in [0, 0.05) is 32.2 Å². The van der Waals surface area contributed by atoms with Crippen LogP contribution in [0.5, 0.6) is 0 Å². The minimum Gasteiger partial charge on any atom is -0.382 e. The van der Waals surface area contributed by atoms with E-state index in [4.69, 9.17) is 4.74 Å². The molecular formula is C12H23NO2. The van der Waals surface area contributed by atoms with Gasteiger partial charge in [-0.3, -0.25) is 9.69 Å². The van der Waals surface area contributed by atoms with E-state index in [1.807, 2.05) is 6.92 Å². The maximum Gasteiger partial charge on any atom is 0.131 e. The topological polar surface area (TPSA) is 29.5 Å². The van der Waals surface area contributed by atoms with Gasteiger partial charge in [0.15, 0.2) is 0 Å². The van der Waals surface area contributed by atoms with Crippen LogP contribution < -0.4 is 0 Å². The molecular weight excluding hydrogens is 190 g/mol.